The molecule has 1 aliphatic carbocycles. The van der Waals surface area contributed by atoms with Gasteiger partial charge in [0.1, 0.15) is 0 Å². The minimum atomic E-state index is -1.02. The molecule has 0 radical (unpaired) electrons. The molecule has 4 rings (SSSR count). The van der Waals surface area contributed by atoms with Gasteiger partial charge in [0.05, 0.1) is 23.5 Å². The molecule has 0 aliphatic heterocycles. The van der Waals surface area contributed by atoms with Crippen LogP contribution >= 0.6 is 0 Å². The molecule has 0 fully saturated rings. The summed E-state index contributed by atoms with van der Waals surface area (Å²) in [6.07, 6.45) is 1.04. The zero-order valence-electron chi connectivity index (χ0n) is 18.1. The molecule has 0 spiro atoms. The third kappa shape index (κ3) is 4.21. The molecule has 3 N–H and O–H groups in total. The Hall–Kier alpha value is -3.32. The van der Waals surface area contributed by atoms with E-state index < -0.39 is 35.2 Å². The van der Waals surface area contributed by atoms with E-state index in [9.17, 15) is 18.7 Å². The Kier molecular flexibility index (Phi) is 5.69. The number of aliphatic hydroxyl groups excluding tert-OH is 1. The van der Waals surface area contributed by atoms with Crippen molar-refractivity contribution in [3.8, 4) is 11.3 Å². The molecule has 0 saturated heterocycles. The number of urea groups is 1. The number of carbonyl (C=O) groups is 1. The van der Waals surface area contributed by atoms with E-state index in [1.54, 1.807) is 12.3 Å². The molecule has 1 heterocycles. The highest BCUT2D eigenvalue weighted by molar-refractivity contribution is 5.94. The van der Waals surface area contributed by atoms with Crippen molar-refractivity contribution in [2.75, 3.05) is 5.32 Å². The van der Waals surface area contributed by atoms with Crippen LogP contribution < -0.4 is 10.6 Å². The van der Waals surface area contributed by atoms with Crippen LogP contribution in [0, 0.1) is 18.6 Å². The fourth-order valence-corrected chi connectivity index (χ4v) is 4.33. The van der Waals surface area contributed by atoms with Gasteiger partial charge in [-0.3, -0.25) is 4.98 Å². The number of aryl methyl sites for hydroxylation is 1. The van der Waals surface area contributed by atoms with Gasteiger partial charge in [-0.2, -0.15) is 0 Å². The SMILES string of the molecule is Cc1cnc(-c2ccccc2)c(NC(=O)N[C@@H]2c3cc(F)c(F)cc3C(C)(C)C[C@H]2O)c1. The van der Waals surface area contributed by atoms with Crippen LogP contribution in [0.2, 0.25) is 0 Å². The predicted octanol–water partition coefficient (Wildman–Crippen LogP) is 5.24. The van der Waals surface area contributed by atoms with Crippen molar-refractivity contribution in [3.05, 3.63) is 83.1 Å². The second-order valence-corrected chi connectivity index (χ2v) is 8.86. The third-order valence-corrected chi connectivity index (χ3v) is 5.87. The number of hydrogen-bond donors (Lipinski definition) is 3. The van der Waals surface area contributed by atoms with Crippen molar-refractivity contribution >= 4 is 11.7 Å². The topological polar surface area (TPSA) is 74.2 Å². The molecule has 2 amide bonds. The van der Waals surface area contributed by atoms with Crippen LogP contribution in [0.4, 0.5) is 19.3 Å². The third-order valence-electron chi connectivity index (χ3n) is 5.87. The summed E-state index contributed by atoms with van der Waals surface area (Å²) < 4.78 is 28.0. The lowest BCUT2D eigenvalue weighted by atomic mass is 9.69. The van der Waals surface area contributed by atoms with Crippen LogP contribution in [-0.2, 0) is 5.41 Å². The van der Waals surface area contributed by atoms with E-state index in [0.717, 1.165) is 23.3 Å². The summed E-state index contributed by atoms with van der Waals surface area (Å²) in [7, 11) is 0. The van der Waals surface area contributed by atoms with E-state index in [1.807, 2.05) is 51.1 Å². The van der Waals surface area contributed by atoms with Crippen molar-refractivity contribution in [1.29, 1.82) is 0 Å². The van der Waals surface area contributed by atoms with Crippen LogP contribution in [-0.4, -0.2) is 22.2 Å². The first-order valence-electron chi connectivity index (χ1n) is 10.4. The molecular formula is C25H25F2N3O2. The van der Waals surface area contributed by atoms with Crippen LogP contribution in [0.3, 0.4) is 0 Å². The number of aliphatic hydroxyl groups is 1. The van der Waals surface area contributed by atoms with Crippen molar-refractivity contribution in [2.45, 2.75) is 44.8 Å². The molecule has 7 heteroatoms. The number of anilines is 1. The van der Waals surface area contributed by atoms with Gasteiger partial charge in [-0.1, -0.05) is 44.2 Å². The molecule has 32 heavy (non-hydrogen) atoms. The lowest BCUT2D eigenvalue weighted by Crippen LogP contribution is -2.45. The number of hydrogen-bond acceptors (Lipinski definition) is 3. The molecule has 166 valence electrons. The molecule has 2 atom stereocenters. The Labute approximate surface area is 185 Å². The van der Waals surface area contributed by atoms with Gasteiger partial charge in [0.15, 0.2) is 11.6 Å². The maximum absolute atomic E-state index is 14.0. The summed E-state index contributed by atoms with van der Waals surface area (Å²) in [6.45, 7) is 5.58. The van der Waals surface area contributed by atoms with Gasteiger partial charge in [0, 0.05) is 11.8 Å². The van der Waals surface area contributed by atoms with Gasteiger partial charge in [-0.15, -0.1) is 0 Å². The number of aromatic nitrogens is 1. The lowest BCUT2D eigenvalue weighted by molar-refractivity contribution is 0.0878. The first kappa shape index (κ1) is 21.9. The Morgan fingerprint density at radius 1 is 1.12 bits per heavy atom. The molecule has 0 saturated carbocycles. The summed E-state index contributed by atoms with van der Waals surface area (Å²) in [6, 6.07) is 12.0. The highest BCUT2D eigenvalue weighted by atomic mass is 19.2. The Morgan fingerprint density at radius 2 is 1.81 bits per heavy atom. The number of fused-ring (bicyclic) bond motifs is 1. The van der Waals surface area contributed by atoms with Gasteiger partial charge in [-0.05, 0) is 53.6 Å². The smallest absolute Gasteiger partial charge is 0.319 e. The number of nitrogens with zero attached hydrogens (tertiary/aromatic N) is 1. The molecule has 2 aromatic carbocycles. The summed E-state index contributed by atoms with van der Waals surface area (Å²) in [5, 5.41) is 16.3. The molecule has 5 nitrogen and oxygen atoms in total. The number of amides is 2. The molecule has 3 aromatic rings. The number of benzene rings is 2. The quantitative estimate of drug-likeness (QED) is 0.525. The number of halogens is 2. The molecular weight excluding hydrogens is 412 g/mol. The normalized spacial score (nSPS) is 19.2. The zero-order chi connectivity index (χ0) is 23.0. The Morgan fingerprint density at radius 3 is 2.53 bits per heavy atom. The van der Waals surface area contributed by atoms with Crippen LogP contribution in [0.5, 0.6) is 0 Å². The minimum absolute atomic E-state index is 0.289. The standard InChI is InChI=1S/C25H25F2N3O2/c1-14-9-20(22(28-13-14)15-7-5-4-6-8-15)29-24(32)30-23-16-10-18(26)19(27)11-17(16)25(2,3)12-21(23)31/h4-11,13,21,23,31H,12H2,1-3H3,(H2,29,30,32)/t21-,23-/m1/s1. The number of pyridine rings is 1. The average molecular weight is 437 g/mol. The van der Waals surface area contributed by atoms with Crippen molar-refractivity contribution in [2.24, 2.45) is 0 Å². The monoisotopic (exact) mass is 437 g/mol. The maximum atomic E-state index is 14.0. The largest absolute Gasteiger partial charge is 0.391 e. The van der Waals surface area contributed by atoms with Gasteiger partial charge in [0.2, 0.25) is 0 Å². The summed E-state index contributed by atoms with van der Waals surface area (Å²) in [5.74, 6) is -1.97. The summed E-state index contributed by atoms with van der Waals surface area (Å²) in [5.41, 5.74) is 3.17. The van der Waals surface area contributed by atoms with E-state index in [-0.39, 0.29) is 6.42 Å². The van der Waals surface area contributed by atoms with Gasteiger partial charge in [-0.25, -0.2) is 13.6 Å². The lowest BCUT2D eigenvalue weighted by Gasteiger charge is -2.40. The summed E-state index contributed by atoms with van der Waals surface area (Å²) in [4.78, 5) is 17.4. The summed E-state index contributed by atoms with van der Waals surface area (Å²) >= 11 is 0. The number of carbonyl (C=O) groups excluding carboxylic acids is 1. The first-order valence-corrected chi connectivity index (χ1v) is 10.4. The van der Waals surface area contributed by atoms with E-state index in [2.05, 4.69) is 15.6 Å². The molecule has 0 bridgehead atoms. The second-order valence-electron chi connectivity index (χ2n) is 8.86. The van der Waals surface area contributed by atoms with Crippen LogP contribution in [0.1, 0.15) is 43.0 Å². The van der Waals surface area contributed by atoms with Crippen LogP contribution in [0.25, 0.3) is 11.3 Å². The van der Waals surface area contributed by atoms with Crippen molar-refractivity contribution in [3.63, 3.8) is 0 Å². The highest BCUT2D eigenvalue weighted by Gasteiger charge is 2.40. The number of nitrogens with one attached hydrogen (secondary N) is 2. The van der Waals surface area contributed by atoms with E-state index in [1.165, 1.54) is 0 Å². The average Bonchev–Trinajstić information content (AvgIpc) is 2.73. The van der Waals surface area contributed by atoms with Gasteiger partial charge in [0.25, 0.3) is 0 Å². The van der Waals surface area contributed by atoms with E-state index in [0.29, 0.717) is 22.5 Å². The van der Waals surface area contributed by atoms with E-state index in [4.69, 9.17) is 0 Å². The first-order chi connectivity index (χ1) is 15.2. The van der Waals surface area contributed by atoms with Gasteiger partial charge < -0.3 is 15.7 Å². The van der Waals surface area contributed by atoms with Gasteiger partial charge >= 0.3 is 6.03 Å². The maximum Gasteiger partial charge on any atom is 0.319 e. The Bertz CT molecular complexity index is 1170. The van der Waals surface area contributed by atoms with Crippen molar-refractivity contribution in [1.82, 2.24) is 10.3 Å². The van der Waals surface area contributed by atoms with Crippen molar-refractivity contribution < 1.29 is 18.7 Å². The minimum Gasteiger partial charge on any atom is -0.391 e. The fraction of sp³-hybridized carbons (Fsp3) is 0.280. The zero-order valence-corrected chi connectivity index (χ0v) is 18.1. The van der Waals surface area contributed by atoms with Crippen LogP contribution in [0.15, 0.2) is 54.7 Å². The molecule has 0 unspecified atom stereocenters. The Balaban J connectivity index is 1.63. The second kappa shape index (κ2) is 8.31. The molecule has 1 aliphatic rings. The van der Waals surface area contributed by atoms with E-state index >= 15 is 0 Å². The number of rotatable bonds is 3. The predicted molar refractivity (Wildman–Crippen MR) is 119 cm³/mol. The highest BCUT2D eigenvalue weighted by Crippen LogP contribution is 2.42. The molecule has 1 aromatic heterocycles. The fourth-order valence-electron chi connectivity index (χ4n) is 4.33.